The van der Waals surface area contributed by atoms with E-state index in [-0.39, 0.29) is 15.5 Å². The highest BCUT2D eigenvalue weighted by Gasteiger charge is 2.19. The molecule has 0 aliphatic heterocycles. The lowest BCUT2D eigenvalue weighted by Crippen LogP contribution is -2.16. The number of carbonyl (C=O) groups excluding carboxylic acids is 1. The van der Waals surface area contributed by atoms with Gasteiger partial charge in [-0.25, -0.2) is 13.2 Å². The van der Waals surface area contributed by atoms with Gasteiger partial charge in [-0.05, 0) is 42.8 Å². The minimum Gasteiger partial charge on any atom is -0.411 e. The van der Waals surface area contributed by atoms with Gasteiger partial charge >= 0.3 is 6.09 Å². The number of primary amides is 1. The monoisotopic (exact) mass is 291 g/mol. The number of carbonyl (C=O) groups is 1. The van der Waals surface area contributed by atoms with E-state index >= 15 is 0 Å². The Morgan fingerprint density at radius 3 is 2.20 bits per heavy atom. The molecule has 2 aromatic carbocycles. The van der Waals surface area contributed by atoms with Crippen LogP contribution in [0.4, 0.5) is 4.79 Å². The van der Waals surface area contributed by atoms with Crippen molar-refractivity contribution in [2.75, 3.05) is 0 Å². The number of hydrogen-bond acceptors (Lipinski definition) is 4. The Morgan fingerprint density at radius 1 is 1.05 bits per heavy atom. The molecule has 0 spiro atoms. The zero-order valence-corrected chi connectivity index (χ0v) is 11.6. The van der Waals surface area contributed by atoms with Crippen molar-refractivity contribution in [3.63, 3.8) is 0 Å². The summed E-state index contributed by atoms with van der Waals surface area (Å²) >= 11 is 0. The molecule has 2 N–H and O–H groups in total. The zero-order valence-electron chi connectivity index (χ0n) is 10.7. The van der Waals surface area contributed by atoms with Crippen molar-refractivity contribution in [3.05, 3.63) is 54.1 Å². The molecule has 0 atom stereocenters. The summed E-state index contributed by atoms with van der Waals surface area (Å²) in [6.45, 7) is 1.73. The highest BCUT2D eigenvalue weighted by atomic mass is 32.2. The summed E-state index contributed by atoms with van der Waals surface area (Å²) in [7, 11) is -3.59. The van der Waals surface area contributed by atoms with E-state index in [1.165, 1.54) is 24.3 Å². The van der Waals surface area contributed by atoms with Crippen LogP contribution >= 0.6 is 0 Å². The summed E-state index contributed by atoms with van der Waals surface area (Å²) in [5, 5.41) is 0. The van der Waals surface area contributed by atoms with Crippen LogP contribution in [0.1, 0.15) is 5.56 Å². The van der Waals surface area contributed by atoms with E-state index in [4.69, 9.17) is 5.73 Å². The molecule has 20 heavy (non-hydrogen) atoms. The number of ether oxygens (including phenoxy) is 1. The standard InChI is InChI=1S/C14H13NO4S/c1-10-4-2-3-5-13(10)20(17,18)12-8-6-11(7-9-12)19-14(15)16/h2-9H,1H3,(H2,15,16). The van der Waals surface area contributed by atoms with Crippen molar-refractivity contribution in [3.8, 4) is 5.75 Å². The maximum Gasteiger partial charge on any atom is 0.409 e. The van der Waals surface area contributed by atoms with Crippen LogP contribution in [-0.2, 0) is 9.84 Å². The first kappa shape index (κ1) is 14.1. The van der Waals surface area contributed by atoms with Crippen LogP contribution in [0.2, 0.25) is 0 Å². The molecule has 0 aliphatic rings. The van der Waals surface area contributed by atoms with Crippen LogP contribution in [0.3, 0.4) is 0 Å². The maximum atomic E-state index is 12.5. The summed E-state index contributed by atoms with van der Waals surface area (Å²) in [6.07, 6.45) is -0.945. The zero-order chi connectivity index (χ0) is 14.8. The molecule has 1 amide bonds. The van der Waals surface area contributed by atoms with E-state index in [0.29, 0.717) is 5.56 Å². The maximum absolute atomic E-state index is 12.5. The number of amides is 1. The lowest BCUT2D eigenvalue weighted by molar-refractivity contribution is 0.211. The van der Waals surface area contributed by atoms with Gasteiger partial charge in [0.1, 0.15) is 5.75 Å². The molecule has 6 heteroatoms. The summed E-state index contributed by atoms with van der Waals surface area (Å²) in [5.74, 6) is 0.196. The third-order valence-corrected chi connectivity index (χ3v) is 4.67. The third kappa shape index (κ3) is 2.80. The number of aryl methyl sites for hydroxylation is 1. The number of benzene rings is 2. The molecule has 2 aromatic rings. The van der Waals surface area contributed by atoms with Crippen molar-refractivity contribution >= 4 is 15.9 Å². The average molecular weight is 291 g/mol. The Labute approximate surface area is 116 Å². The van der Waals surface area contributed by atoms with E-state index in [9.17, 15) is 13.2 Å². The Morgan fingerprint density at radius 2 is 1.65 bits per heavy atom. The SMILES string of the molecule is Cc1ccccc1S(=O)(=O)c1ccc(OC(N)=O)cc1. The van der Waals surface area contributed by atoms with E-state index < -0.39 is 15.9 Å². The second-order valence-electron chi connectivity index (χ2n) is 4.16. The summed E-state index contributed by atoms with van der Waals surface area (Å²) in [5.41, 5.74) is 5.55. The fourth-order valence-electron chi connectivity index (χ4n) is 1.79. The lowest BCUT2D eigenvalue weighted by Gasteiger charge is -2.08. The fourth-order valence-corrected chi connectivity index (χ4v) is 3.29. The van der Waals surface area contributed by atoms with Gasteiger partial charge in [0.15, 0.2) is 0 Å². The van der Waals surface area contributed by atoms with Crippen LogP contribution in [0.25, 0.3) is 0 Å². The van der Waals surface area contributed by atoms with Gasteiger partial charge in [-0.2, -0.15) is 0 Å². The minimum atomic E-state index is -3.59. The first-order chi connectivity index (χ1) is 9.41. The van der Waals surface area contributed by atoms with Gasteiger partial charge in [0.25, 0.3) is 0 Å². The van der Waals surface area contributed by atoms with Gasteiger partial charge in [0, 0.05) is 0 Å². The largest absolute Gasteiger partial charge is 0.411 e. The molecule has 5 nitrogen and oxygen atoms in total. The van der Waals surface area contributed by atoms with Crippen LogP contribution in [0, 0.1) is 6.92 Å². The predicted molar refractivity (Wildman–Crippen MR) is 73.3 cm³/mol. The summed E-state index contributed by atoms with van der Waals surface area (Å²) in [6, 6.07) is 12.3. The second-order valence-corrected chi connectivity index (χ2v) is 6.08. The first-order valence-electron chi connectivity index (χ1n) is 5.79. The summed E-state index contributed by atoms with van der Waals surface area (Å²) < 4.78 is 29.6. The Hall–Kier alpha value is -2.34. The Balaban J connectivity index is 2.40. The minimum absolute atomic E-state index is 0.128. The molecule has 0 unspecified atom stereocenters. The highest BCUT2D eigenvalue weighted by molar-refractivity contribution is 7.91. The van der Waals surface area contributed by atoms with E-state index in [0.717, 1.165) is 0 Å². The van der Waals surface area contributed by atoms with Gasteiger partial charge in [-0.1, -0.05) is 18.2 Å². The molecular weight excluding hydrogens is 278 g/mol. The van der Waals surface area contributed by atoms with Gasteiger partial charge in [-0.15, -0.1) is 0 Å². The lowest BCUT2D eigenvalue weighted by atomic mass is 10.2. The molecule has 0 fully saturated rings. The predicted octanol–water partition coefficient (Wildman–Crippen LogP) is 2.29. The smallest absolute Gasteiger partial charge is 0.409 e. The van der Waals surface area contributed by atoms with Gasteiger partial charge < -0.3 is 10.5 Å². The van der Waals surface area contributed by atoms with Crippen LogP contribution < -0.4 is 10.5 Å². The van der Waals surface area contributed by atoms with Gasteiger partial charge in [0.05, 0.1) is 9.79 Å². The van der Waals surface area contributed by atoms with Crippen LogP contribution in [-0.4, -0.2) is 14.5 Å². The molecule has 0 radical (unpaired) electrons. The number of hydrogen-bond donors (Lipinski definition) is 1. The average Bonchev–Trinajstić information content (AvgIpc) is 2.39. The molecule has 0 saturated carbocycles. The number of sulfone groups is 1. The van der Waals surface area contributed by atoms with E-state index in [1.54, 1.807) is 31.2 Å². The Kier molecular flexibility index (Phi) is 3.76. The summed E-state index contributed by atoms with van der Waals surface area (Å²) in [4.78, 5) is 11.0. The van der Waals surface area contributed by atoms with Crippen LogP contribution in [0.15, 0.2) is 58.3 Å². The molecule has 0 bridgehead atoms. The normalized spacial score (nSPS) is 11.1. The second kappa shape index (κ2) is 5.34. The molecule has 0 saturated heterocycles. The van der Waals surface area contributed by atoms with Crippen molar-refractivity contribution in [2.45, 2.75) is 16.7 Å². The molecule has 104 valence electrons. The molecule has 0 aliphatic carbocycles. The van der Waals surface area contributed by atoms with Crippen LogP contribution in [0.5, 0.6) is 5.75 Å². The number of nitrogens with two attached hydrogens (primary N) is 1. The molecule has 2 rings (SSSR count). The quantitative estimate of drug-likeness (QED) is 0.940. The van der Waals surface area contributed by atoms with E-state index in [2.05, 4.69) is 4.74 Å². The van der Waals surface area contributed by atoms with Gasteiger partial charge in [0.2, 0.25) is 9.84 Å². The molecule has 0 heterocycles. The van der Waals surface area contributed by atoms with E-state index in [1.807, 2.05) is 0 Å². The number of rotatable bonds is 3. The van der Waals surface area contributed by atoms with Gasteiger partial charge in [-0.3, -0.25) is 0 Å². The fraction of sp³-hybridized carbons (Fsp3) is 0.0714. The first-order valence-corrected chi connectivity index (χ1v) is 7.27. The van der Waals surface area contributed by atoms with Crippen molar-refractivity contribution in [1.29, 1.82) is 0 Å². The molecule has 0 aromatic heterocycles. The van der Waals surface area contributed by atoms with Crippen molar-refractivity contribution < 1.29 is 17.9 Å². The highest BCUT2D eigenvalue weighted by Crippen LogP contribution is 2.25. The van der Waals surface area contributed by atoms with Crippen molar-refractivity contribution in [1.82, 2.24) is 0 Å². The molecular formula is C14H13NO4S. The van der Waals surface area contributed by atoms with Crippen molar-refractivity contribution in [2.24, 2.45) is 5.73 Å². The Bertz CT molecular complexity index is 736. The third-order valence-electron chi connectivity index (χ3n) is 2.74. The topological polar surface area (TPSA) is 86.5 Å².